The van der Waals surface area contributed by atoms with Crippen LogP contribution in [0, 0.1) is 0 Å². The van der Waals surface area contributed by atoms with Crippen molar-refractivity contribution in [1.29, 1.82) is 0 Å². The maximum Gasteiger partial charge on any atom is 0.429 e. The van der Waals surface area contributed by atoms with Crippen LogP contribution < -0.4 is 21.1 Å². The Labute approximate surface area is 231 Å². The third-order valence-corrected chi connectivity index (χ3v) is 7.21. The van der Waals surface area contributed by atoms with Crippen LogP contribution in [0.2, 0.25) is 5.02 Å². The van der Waals surface area contributed by atoms with Crippen molar-refractivity contribution < 1.29 is 22.7 Å². The van der Waals surface area contributed by atoms with Crippen LogP contribution in [0.4, 0.5) is 18.0 Å². The summed E-state index contributed by atoms with van der Waals surface area (Å²) in [6.45, 7) is 0.725. The first kappa shape index (κ1) is 28.7. The van der Waals surface area contributed by atoms with Crippen LogP contribution in [0.1, 0.15) is 49.4 Å². The molecule has 1 aromatic heterocycles. The minimum absolute atomic E-state index is 0.177. The Morgan fingerprint density at radius 3 is 2.54 bits per heavy atom. The van der Waals surface area contributed by atoms with Gasteiger partial charge in [-0.25, -0.2) is 9.18 Å². The van der Waals surface area contributed by atoms with Gasteiger partial charge in [-0.2, -0.15) is 8.78 Å². The Bertz CT molecular complexity index is 1250. The predicted octanol–water partition coefficient (Wildman–Crippen LogP) is 6.12. The first-order valence-corrected chi connectivity index (χ1v) is 13.3. The van der Waals surface area contributed by atoms with E-state index in [1.165, 1.54) is 24.4 Å². The smallest absolute Gasteiger partial charge is 0.429 e. The molecule has 1 saturated carbocycles. The molecule has 1 aliphatic carbocycles. The highest BCUT2D eigenvalue weighted by molar-refractivity contribution is 6.30. The number of nitrogens with zero attached hydrogens (tertiary/aromatic N) is 1. The molecule has 0 radical (unpaired) electrons. The molecular formula is C29H32ClF3N4O2. The summed E-state index contributed by atoms with van der Waals surface area (Å²) in [6.07, 6.45) is -1.40. The fraction of sp³-hybridized carbons (Fsp3) is 0.379. The quantitative estimate of drug-likeness (QED) is 0.294. The lowest BCUT2D eigenvalue weighted by atomic mass is 9.80. The number of carbonyl (C=O) groups is 1. The normalized spacial score (nSPS) is 19.9. The number of pyridine rings is 1. The second-order valence-electron chi connectivity index (χ2n) is 9.89. The van der Waals surface area contributed by atoms with Gasteiger partial charge in [0.2, 0.25) is 6.17 Å². The van der Waals surface area contributed by atoms with Crippen LogP contribution in [-0.4, -0.2) is 35.4 Å². The van der Waals surface area contributed by atoms with Gasteiger partial charge in [0, 0.05) is 24.7 Å². The number of nitrogens with one attached hydrogen (secondary N) is 2. The van der Waals surface area contributed by atoms with Gasteiger partial charge in [0.1, 0.15) is 11.3 Å². The number of amides is 2. The van der Waals surface area contributed by atoms with Crippen molar-refractivity contribution in [3.8, 4) is 5.75 Å². The maximum absolute atomic E-state index is 14.2. The third kappa shape index (κ3) is 7.02. The molecule has 4 atom stereocenters. The highest BCUT2D eigenvalue weighted by Crippen LogP contribution is 2.36. The van der Waals surface area contributed by atoms with Crippen molar-refractivity contribution in [2.75, 3.05) is 0 Å². The summed E-state index contributed by atoms with van der Waals surface area (Å²) in [5, 5.41) is 6.47. The molecule has 1 heterocycles. The number of halogens is 4. The molecule has 0 aliphatic heterocycles. The maximum atomic E-state index is 14.2. The first-order chi connectivity index (χ1) is 18.6. The topological polar surface area (TPSA) is 89.3 Å². The molecule has 2 aromatic carbocycles. The van der Waals surface area contributed by atoms with Crippen molar-refractivity contribution in [2.45, 2.75) is 68.9 Å². The highest BCUT2D eigenvalue weighted by Gasteiger charge is 2.42. The molecule has 0 spiro atoms. The summed E-state index contributed by atoms with van der Waals surface area (Å²) >= 11 is 6.13. The van der Waals surface area contributed by atoms with Crippen molar-refractivity contribution >= 4 is 17.6 Å². The van der Waals surface area contributed by atoms with E-state index >= 15 is 0 Å². The van der Waals surface area contributed by atoms with Crippen molar-refractivity contribution in [3.63, 3.8) is 0 Å². The fourth-order valence-corrected chi connectivity index (χ4v) is 4.96. The van der Waals surface area contributed by atoms with Crippen LogP contribution in [0.5, 0.6) is 5.75 Å². The summed E-state index contributed by atoms with van der Waals surface area (Å²) < 4.78 is 46.6. The van der Waals surface area contributed by atoms with E-state index in [1.54, 1.807) is 18.2 Å². The number of alkyl halides is 3. The lowest BCUT2D eigenvalue weighted by Gasteiger charge is -2.37. The Balaban J connectivity index is 1.81. The molecule has 208 valence electrons. The van der Waals surface area contributed by atoms with Gasteiger partial charge < -0.3 is 21.1 Å². The summed E-state index contributed by atoms with van der Waals surface area (Å²) in [7, 11) is 0. The minimum atomic E-state index is -4.04. The molecule has 6 nitrogen and oxygen atoms in total. The average Bonchev–Trinajstić information content (AvgIpc) is 2.90. The van der Waals surface area contributed by atoms with E-state index in [-0.39, 0.29) is 24.3 Å². The monoisotopic (exact) mass is 560 g/mol. The van der Waals surface area contributed by atoms with Crippen LogP contribution in [0.25, 0.3) is 0 Å². The average molecular weight is 561 g/mol. The van der Waals surface area contributed by atoms with E-state index in [2.05, 4.69) is 15.6 Å². The molecule has 1 aliphatic rings. The van der Waals surface area contributed by atoms with Gasteiger partial charge in [0.15, 0.2) is 0 Å². The second kappa shape index (κ2) is 12.3. The van der Waals surface area contributed by atoms with Gasteiger partial charge in [-0.15, -0.1) is 0 Å². The minimum Gasteiger partial charge on any atom is -0.430 e. The zero-order valence-electron chi connectivity index (χ0n) is 21.5. The Morgan fingerprint density at radius 1 is 1.13 bits per heavy atom. The molecular weight excluding hydrogens is 529 g/mol. The summed E-state index contributed by atoms with van der Waals surface area (Å²) in [5.74, 6) is -0.259. The van der Waals surface area contributed by atoms with Gasteiger partial charge in [-0.3, -0.25) is 4.98 Å². The SMILES string of the molecule is CC(F)C(F)(F)Oc1cccc([C@@](Cc2ccccc2)(NC(=O)N[C@@H]2CCCC[C@H]2N)c2ccc(Cl)cn2)c1. The van der Waals surface area contributed by atoms with Crippen LogP contribution in [0.3, 0.4) is 0 Å². The molecule has 0 bridgehead atoms. The van der Waals surface area contributed by atoms with Crippen molar-refractivity contribution in [1.82, 2.24) is 15.6 Å². The third-order valence-electron chi connectivity index (χ3n) is 6.98. The molecule has 0 saturated heterocycles. The van der Waals surface area contributed by atoms with E-state index in [0.717, 1.165) is 38.2 Å². The molecule has 4 rings (SSSR count). The number of urea groups is 1. The molecule has 2 amide bonds. The summed E-state index contributed by atoms with van der Waals surface area (Å²) in [5.41, 5.74) is 6.60. The zero-order valence-corrected chi connectivity index (χ0v) is 22.3. The van der Waals surface area contributed by atoms with E-state index in [4.69, 9.17) is 22.1 Å². The highest BCUT2D eigenvalue weighted by atomic mass is 35.5. The van der Waals surface area contributed by atoms with Gasteiger partial charge in [-0.05, 0) is 55.2 Å². The van der Waals surface area contributed by atoms with E-state index in [0.29, 0.717) is 16.3 Å². The number of benzene rings is 2. The number of carbonyl (C=O) groups excluding carboxylic acids is 1. The van der Waals surface area contributed by atoms with Crippen molar-refractivity contribution in [3.05, 3.63) is 94.8 Å². The van der Waals surface area contributed by atoms with Gasteiger partial charge in [0.05, 0.1) is 10.7 Å². The van der Waals surface area contributed by atoms with E-state index in [9.17, 15) is 18.0 Å². The molecule has 39 heavy (non-hydrogen) atoms. The summed E-state index contributed by atoms with van der Waals surface area (Å²) in [4.78, 5) is 18.1. The number of hydrogen-bond donors (Lipinski definition) is 3. The van der Waals surface area contributed by atoms with Gasteiger partial charge >= 0.3 is 12.1 Å². The largest absolute Gasteiger partial charge is 0.430 e. The van der Waals surface area contributed by atoms with Crippen LogP contribution in [0.15, 0.2) is 72.9 Å². The number of ether oxygens (including phenoxy) is 1. The van der Waals surface area contributed by atoms with E-state index < -0.39 is 23.9 Å². The van der Waals surface area contributed by atoms with Crippen LogP contribution >= 0.6 is 11.6 Å². The molecule has 3 aromatic rings. The number of aromatic nitrogens is 1. The number of hydrogen-bond acceptors (Lipinski definition) is 4. The Morgan fingerprint density at radius 2 is 1.87 bits per heavy atom. The Kier molecular flexibility index (Phi) is 9.02. The zero-order chi connectivity index (χ0) is 28.0. The van der Waals surface area contributed by atoms with Gasteiger partial charge in [0.25, 0.3) is 0 Å². The number of rotatable bonds is 9. The lowest BCUT2D eigenvalue weighted by Crippen LogP contribution is -2.57. The molecule has 1 fully saturated rings. The predicted molar refractivity (Wildman–Crippen MR) is 145 cm³/mol. The lowest BCUT2D eigenvalue weighted by molar-refractivity contribution is -0.215. The van der Waals surface area contributed by atoms with Crippen molar-refractivity contribution in [2.24, 2.45) is 5.73 Å². The standard InChI is InChI=1S/C29H32ClF3N4O2/c1-19(31)29(32,33)39-23-11-7-10-21(16-23)28(17-20-8-3-2-4-9-20,26-15-14-22(30)18-35-26)37-27(38)36-25-13-6-5-12-24(25)34/h2-4,7-11,14-16,18-19,24-25H,5-6,12-13,17,34H2,1H3,(H2,36,37,38)/t19?,24-,25-,28-/m1/s1. The molecule has 4 N–H and O–H groups in total. The molecule has 10 heteroatoms. The van der Waals surface area contributed by atoms with Gasteiger partial charge in [-0.1, -0.05) is 66.9 Å². The second-order valence-corrected chi connectivity index (χ2v) is 10.3. The fourth-order valence-electron chi connectivity index (χ4n) is 4.85. The van der Waals surface area contributed by atoms with E-state index in [1.807, 2.05) is 30.3 Å². The number of nitrogens with two attached hydrogens (primary N) is 1. The first-order valence-electron chi connectivity index (χ1n) is 12.9. The molecule has 1 unspecified atom stereocenters. The summed E-state index contributed by atoms with van der Waals surface area (Å²) in [6, 6.07) is 17.7. The Hall–Kier alpha value is -3.30. The van der Waals surface area contributed by atoms with Crippen LogP contribution in [-0.2, 0) is 12.0 Å².